The molecule has 1 aliphatic heterocycles. The SMILES string of the molecule is COc1ccc(C)cc1NC(=O)CC1NCCNC1=O. The molecule has 6 nitrogen and oxygen atoms in total. The van der Waals surface area contributed by atoms with Crippen molar-refractivity contribution in [3.63, 3.8) is 0 Å². The van der Waals surface area contributed by atoms with Crippen LogP contribution in [0.15, 0.2) is 18.2 Å². The standard InChI is InChI=1S/C14H19N3O3/c1-9-3-4-12(20-2)10(7-9)17-13(18)8-11-14(19)16-6-5-15-11/h3-4,7,11,15H,5-6,8H2,1-2H3,(H,16,19)(H,17,18). The van der Waals surface area contributed by atoms with Gasteiger partial charge in [-0.25, -0.2) is 0 Å². The number of hydrogen-bond acceptors (Lipinski definition) is 4. The van der Waals surface area contributed by atoms with E-state index >= 15 is 0 Å². The molecule has 0 radical (unpaired) electrons. The summed E-state index contributed by atoms with van der Waals surface area (Å²) in [5.41, 5.74) is 1.64. The molecule has 0 aliphatic carbocycles. The Bertz CT molecular complexity index is 516. The van der Waals surface area contributed by atoms with Gasteiger partial charge in [-0.2, -0.15) is 0 Å². The van der Waals surface area contributed by atoms with Gasteiger partial charge in [-0.15, -0.1) is 0 Å². The fourth-order valence-corrected chi connectivity index (χ4v) is 2.12. The van der Waals surface area contributed by atoms with Crippen molar-refractivity contribution < 1.29 is 14.3 Å². The first kappa shape index (κ1) is 14.3. The van der Waals surface area contributed by atoms with E-state index in [-0.39, 0.29) is 18.2 Å². The third-order valence-electron chi connectivity index (χ3n) is 3.15. The van der Waals surface area contributed by atoms with Gasteiger partial charge >= 0.3 is 0 Å². The van der Waals surface area contributed by atoms with Crippen molar-refractivity contribution in [1.82, 2.24) is 10.6 Å². The maximum Gasteiger partial charge on any atom is 0.237 e. The zero-order chi connectivity index (χ0) is 14.5. The molecule has 0 aromatic heterocycles. The maximum absolute atomic E-state index is 12.0. The molecule has 20 heavy (non-hydrogen) atoms. The van der Waals surface area contributed by atoms with Crippen molar-refractivity contribution in [2.24, 2.45) is 0 Å². The quantitative estimate of drug-likeness (QED) is 0.745. The van der Waals surface area contributed by atoms with E-state index in [2.05, 4.69) is 16.0 Å². The highest BCUT2D eigenvalue weighted by atomic mass is 16.5. The van der Waals surface area contributed by atoms with Gasteiger partial charge in [0.2, 0.25) is 11.8 Å². The number of carbonyl (C=O) groups excluding carboxylic acids is 2. The van der Waals surface area contributed by atoms with Crippen molar-refractivity contribution in [2.75, 3.05) is 25.5 Å². The Morgan fingerprint density at radius 2 is 2.25 bits per heavy atom. The molecule has 6 heteroatoms. The van der Waals surface area contributed by atoms with Gasteiger partial charge in [0, 0.05) is 13.1 Å². The molecule has 1 unspecified atom stereocenters. The number of carbonyl (C=O) groups is 2. The highest BCUT2D eigenvalue weighted by Crippen LogP contribution is 2.25. The molecule has 1 fully saturated rings. The lowest BCUT2D eigenvalue weighted by Crippen LogP contribution is -2.53. The Labute approximate surface area is 117 Å². The molecule has 2 amide bonds. The fourth-order valence-electron chi connectivity index (χ4n) is 2.12. The zero-order valence-electron chi connectivity index (χ0n) is 11.7. The van der Waals surface area contributed by atoms with Crippen molar-refractivity contribution in [2.45, 2.75) is 19.4 Å². The van der Waals surface area contributed by atoms with Crippen LogP contribution in [-0.2, 0) is 9.59 Å². The van der Waals surface area contributed by atoms with E-state index in [4.69, 9.17) is 4.74 Å². The van der Waals surface area contributed by atoms with Gasteiger partial charge in [0.1, 0.15) is 5.75 Å². The summed E-state index contributed by atoms with van der Waals surface area (Å²) in [5, 5.41) is 8.53. The Morgan fingerprint density at radius 3 is 2.95 bits per heavy atom. The summed E-state index contributed by atoms with van der Waals surface area (Å²) < 4.78 is 5.20. The molecule has 0 spiro atoms. The average molecular weight is 277 g/mol. The number of piperazine rings is 1. The van der Waals surface area contributed by atoms with Crippen molar-refractivity contribution in [3.05, 3.63) is 23.8 Å². The summed E-state index contributed by atoms with van der Waals surface area (Å²) in [6, 6.07) is 5.08. The van der Waals surface area contributed by atoms with E-state index in [0.717, 1.165) is 5.56 Å². The molecule has 0 saturated carbocycles. The predicted molar refractivity (Wildman–Crippen MR) is 75.8 cm³/mol. The number of ether oxygens (including phenoxy) is 1. The van der Waals surface area contributed by atoms with Gasteiger partial charge in [-0.3, -0.25) is 9.59 Å². The summed E-state index contributed by atoms with van der Waals surface area (Å²) in [7, 11) is 1.55. The Kier molecular flexibility index (Phi) is 4.57. The lowest BCUT2D eigenvalue weighted by atomic mass is 10.1. The number of benzene rings is 1. The third-order valence-corrected chi connectivity index (χ3v) is 3.15. The average Bonchev–Trinajstić information content (AvgIpc) is 2.41. The first-order valence-electron chi connectivity index (χ1n) is 6.55. The van der Waals surface area contributed by atoms with Crippen LogP contribution in [0, 0.1) is 6.92 Å². The van der Waals surface area contributed by atoms with E-state index in [9.17, 15) is 9.59 Å². The van der Waals surface area contributed by atoms with Crippen molar-refractivity contribution in [3.8, 4) is 5.75 Å². The molecule has 1 aromatic carbocycles. The van der Waals surface area contributed by atoms with Crippen LogP contribution in [0.2, 0.25) is 0 Å². The first-order chi connectivity index (χ1) is 9.60. The minimum Gasteiger partial charge on any atom is -0.495 e. The maximum atomic E-state index is 12.0. The van der Waals surface area contributed by atoms with Crippen LogP contribution in [0.5, 0.6) is 5.75 Å². The molecule has 1 saturated heterocycles. The highest BCUT2D eigenvalue weighted by molar-refractivity contribution is 5.96. The molecule has 3 N–H and O–H groups in total. The summed E-state index contributed by atoms with van der Waals surface area (Å²) >= 11 is 0. The number of anilines is 1. The number of hydrogen-bond donors (Lipinski definition) is 3. The van der Waals surface area contributed by atoms with E-state index in [0.29, 0.717) is 24.5 Å². The van der Waals surface area contributed by atoms with Gasteiger partial charge in [0.05, 0.1) is 25.3 Å². The van der Waals surface area contributed by atoms with Crippen LogP contribution in [0.1, 0.15) is 12.0 Å². The Balaban J connectivity index is 2.00. The van der Waals surface area contributed by atoms with Crippen LogP contribution in [0.25, 0.3) is 0 Å². The van der Waals surface area contributed by atoms with Crippen LogP contribution in [-0.4, -0.2) is 38.1 Å². The predicted octanol–water partition coefficient (Wildman–Crippen LogP) is 0.420. The second-order valence-corrected chi connectivity index (χ2v) is 4.75. The normalized spacial score (nSPS) is 18.3. The molecular weight excluding hydrogens is 258 g/mol. The van der Waals surface area contributed by atoms with Crippen LogP contribution < -0.4 is 20.7 Å². The molecule has 0 bridgehead atoms. The Morgan fingerprint density at radius 1 is 1.45 bits per heavy atom. The molecule has 1 atom stereocenters. The Hall–Kier alpha value is -2.08. The number of aryl methyl sites for hydroxylation is 1. The summed E-state index contributed by atoms with van der Waals surface area (Å²) in [4.78, 5) is 23.6. The smallest absolute Gasteiger partial charge is 0.237 e. The highest BCUT2D eigenvalue weighted by Gasteiger charge is 2.24. The van der Waals surface area contributed by atoms with E-state index in [1.54, 1.807) is 13.2 Å². The minimum atomic E-state index is -0.473. The molecule has 1 heterocycles. The van der Waals surface area contributed by atoms with Crippen LogP contribution in [0.4, 0.5) is 5.69 Å². The second-order valence-electron chi connectivity index (χ2n) is 4.75. The van der Waals surface area contributed by atoms with Gasteiger partial charge in [-0.05, 0) is 24.6 Å². The zero-order valence-corrected chi connectivity index (χ0v) is 11.7. The van der Waals surface area contributed by atoms with Gasteiger partial charge in [0.25, 0.3) is 0 Å². The number of amides is 2. The molecule has 1 aromatic rings. The van der Waals surface area contributed by atoms with Crippen molar-refractivity contribution >= 4 is 17.5 Å². The van der Waals surface area contributed by atoms with Crippen LogP contribution >= 0.6 is 0 Å². The fraction of sp³-hybridized carbons (Fsp3) is 0.429. The molecule has 2 rings (SSSR count). The third kappa shape index (κ3) is 3.48. The van der Waals surface area contributed by atoms with E-state index < -0.39 is 6.04 Å². The summed E-state index contributed by atoms with van der Waals surface area (Å²) in [6.07, 6.45) is 0.100. The minimum absolute atomic E-state index is 0.100. The van der Waals surface area contributed by atoms with E-state index in [1.807, 2.05) is 19.1 Å². The number of nitrogens with one attached hydrogen (secondary N) is 3. The molecule has 108 valence electrons. The van der Waals surface area contributed by atoms with Gasteiger partial charge in [-0.1, -0.05) is 6.07 Å². The van der Waals surface area contributed by atoms with Crippen molar-refractivity contribution in [1.29, 1.82) is 0 Å². The number of methoxy groups -OCH3 is 1. The lowest BCUT2D eigenvalue weighted by molar-refractivity contribution is -0.127. The van der Waals surface area contributed by atoms with Gasteiger partial charge in [0.15, 0.2) is 0 Å². The lowest BCUT2D eigenvalue weighted by Gasteiger charge is -2.23. The summed E-state index contributed by atoms with van der Waals surface area (Å²) in [6.45, 7) is 3.21. The first-order valence-corrected chi connectivity index (χ1v) is 6.55. The number of rotatable bonds is 4. The molecule has 1 aliphatic rings. The monoisotopic (exact) mass is 277 g/mol. The van der Waals surface area contributed by atoms with E-state index in [1.165, 1.54) is 0 Å². The summed E-state index contributed by atoms with van der Waals surface area (Å²) in [5.74, 6) is 0.246. The topological polar surface area (TPSA) is 79.5 Å². The molecular formula is C14H19N3O3. The van der Waals surface area contributed by atoms with Crippen LogP contribution in [0.3, 0.4) is 0 Å². The van der Waals surface area contributed by atoms with Gasteiger partial charge < -0.3 is 20.7 Å². The largest absolute Gasteiger partial charge is 0.495 e. The second kappa shape index (κ2) is 6.38.